The molecule has 1 heterocycles. The summed E-state index contributed by atoms with van der Waals surface area (Å²) in [6.07, 6.45) is 5.30. The zero-order valence-corrected chi connectivity index (χ0v) is 4.93. The summed E-state index contributed by atoms with van der Waals surface area (Å²) in [6, 6.07) is 0. The molecule has 0 radical (unpaired) electrons. The molecule has 1 aliphatic rings. The summed E-state index contributed by atoms with van der Waals surface area (Å²) in [6.45, 7) is 1.87. The summed E-state index contributed by atoms with van der Waals surface area (Å²) in [7, 11) is 0. The van der Waals surface area contributed by atoms with Crippen LogP contribution in [0.2, 0.25) is 0 Å². The molecule has 46 valence electrons. The van der Waals surface area contributed by atoms with E-state index in [1.54, 1.807) is 0 Å². The van der Waals surface area contributed by atoms with Crippen LogP contribution in [0.4, 0.5) is 0 Å². The molecule has 2 heteroatoms. The van der Waals surface area contributed by atoms with Crippen molar-refractivity contribution in [3.05, 3.63) is 12.3 Å². The second-order valence-corrected chi connectivity index (χ2v) is 2.10. The first-order chi connectivity index (χ1) is 3.93. The summed E-state index contributed by atoms with van der Waals surface area (Å²) >= 11 is 0. The molecule has 0 bridgehead atoms. The van der Waals surface area contributed by atoms with Gasteiger partial charge in [-0.2, -0.15) is 0 Å². The third-order valence-electron chi connectivity index (χ3n) is 1.45. The highest BCUT2D eigenvalue weighted by Gasteiger charge is 2.03. The van der Waals surface area contributed by atoms with Gasteiger partial charge in [-0.1, -0.05) is 6.08 Å². The lowest BCUT2D eigenvalue weighted by molar-refractivity contribution is 0.556. The largest absolute Gasteiger partial charge is 0.391 e. The molecular formula is C6H12N2. The van der Waals surface area contributed by atoms with Crippen molar-refractivity contribution >= 4 is 0 Å². The Morgan fingerprint density at radius 2 is 2.62 bits per heavy atom. The highest BCUT2D eigenvalue weighted by atomic mass is 14.8. The molecule has 0 fully saturated rings. The van der Waals surface area contributed by atoms with Crippen LogP contribution in [-0.4, -0.2) is 13.1 Å². The molecule has 0 aromatic carbocycles. The first-order valence-corrected chi connectivity index (χ1v) is 3.03. The Labute approximate surface area is 49.8 Å². The lowest BCUT2D eigenvalue weighted by atomic mass is 10.0. The van der Waals surface area contributed by atoms with E-state index in [1.807, 2.05) is 6.20 Å². The third-order valence-corrected chi connectivity index (χ3v) is 1.45. The van der Waals surface area contributed by atoms with Crippen molar-refractivity contribution in [1.29, 1.82) is 0 Å². The molecule has 1 unspecified atom stereocenters. The molecule has 0 aromatic rings. The van der Waals surface area contributed by atoms with Gasteiger partial charge < -0.3 is 11.1 Å². The molecule has 1 rings (SSSR count). The van der Waals surface area contributed by atoms with Gasteiger partial charge in [0.25, 0.3) is 0 Å². The van der Waals surface area contributed by atoms with E-state index in [0.29, 0.717) is 5.92 Å². The van der Waals surface area contributed by atoms with Crippen molar-refractivity contribution in [1.82, 2.24) is 5.32 Å². The number of hydrogen-bond donors (Lipinski definition) is 2. The minimum Gasteiger partial charge on any atom is -0.391 e. The van der Waals surface area contributed by atoms with E-state index in [4.69, 9.17) is 5.73 Å². The minimum atomic E-state index is 0.622. The molecule has 1 aliphatic heterocycles. The zero-order valence-electron chi connectivity index (χ0n) is 4.93. The summed E-state index contributed by atoms with van der Waals surface area (Å²) in [4.78, 5) is 0. The highest BCUT2D eigenvalue weighted by molar-refractivity contribution is 4.91. The van der Waals surface area contributed by atoms with E-state index in [-0.39, 0.29) is 0 Å². The lowest BCUT2D eigenvalue weighted by Gasteiger charge is -2.14. The van der Waals surface area contributed by atoms with Crippen molar-refractivity contribution in [2.24, 2.45) is 11.7 Å². The average Bonchev–Trinajstić information content (AvgIpc) is 1.90. The molecule has 0 spiro atoms. The number of nitrogens with two attached hydrogens (primary N) is 1. The fourth-order valence-electron chi connectivity index (χ4n) is 0.849. The minimum absolute atomic E-state index is 0.622. The highest BCUT2D eigenvalue weighted by Crippen LogP contribution is 2.04. The molecule has 3 N–H and O–H groups in total. The molecule has 1 atom stereocenters. The smallest absolute Gasteiger partial charge is 0.0147 e. The third kappa shape index (κ3) is 1.23. The monoisotopic (exact) mass is 112 g/mol. The molecule has 2 nitrogen and oxygen atoms in total. The van der Waals surface area contributed by atoms with Gasteiger partial charge in [0.05, 0.1) is 0 Å². The van der Waals surface area contributed by atoms with Gasteiger partial charge in [-0.25, -0.2) is 0 Å². The van der Waals surface area contributed by atoms with E-state index in [2.05, 4.69) is 11.4 Å². The standard InChI is InChI=1S/C6H12N2/c7-5-6-1-3-8-4-2-6/h1,3,6,8H,2,4-5,7H2. The molecule has 0 aliphatic carbocycles. The fraction of sp³-hybridized carbons (Fsp3) is 0.667. The predicted octanol–water partition coefficient (Wildman–Crippen LogP) is 0.0683. The maximum atomic E-state index is 5.42. The van der Waals surface area contributed by atoms with E-state index < -0.39 is 0 Å². The summed E-state index contributed by atoms with van der Waals surface area (Å²) in [5.74, 6) is 0.622. The van der Waals surface area contributed by atoms with Crippen LogP contribution in [-0.2, 0) is 0 Å². The maximum Gasteiger partial charge on any atom is 0.0147 e. The van der Waals surface area contributed by atoms with E-state index in [1.165, 1.54) is 6.42 Å². The first kappa shape index (κ1) is 5.63. The van der Waals surface area contributed by atoms with Crippen molar-refractivity contribution in [3.63, 3.8) is 0 Å². The number of rotatable bonds is 1. The van der Waals surface area contributed by atoms with Crippen molar-refractivity contribution in [2.75, 3.05) is 13.1 Å². The Kier molecular flexibility index (Phi) is 1.92. The van der Waals surface area contributed by atoms with E-state index >= 15 is 0 Å². The van der Waals surface area contributed by atoms with Gasteiger partial charge >= 0.3 is 0 Å². The Morgan fingerprint density at radius 1 is 1.75 bits per heavy atom. The van der Waals surface area contributed by atoms with Crippen LogP contribution in [0.1, 0.15) is 6.42 Å². The van der Waals surface area contributed by atoms with Crippen LogP contribution in [0, 0.1) is 5.92 Å². The first-order valence-electron chi connectivity index (χ1n) is 3.03. The van der Waals surface area contributed by atoms with Gasteiger partial charge in [-0.3, -0.25) is 0 Å². The molecule has 0 aromatic heterocycles. The van der Waals surface area contributed by atoms with Crippen LogP contribution < -0.4 is 11.1 Å². The number of hydrogen-bond acceptors (Lipinski definition) is 2. The van der Waals surface area contributed by atoms with E-state index in [9.17, 15) is 0 Å². The van der Waals surface area contributed by atoms with Crippen LogP contribution >= 0.6 is 0 Å². The molecular weight excluding hydrogens is 100 g/mol. The van der Waals surface area contributed by atoms with Crippen LogP contribution in [0.5, 0.6) is 0 Å². The van der Waals surface area contributed by atoms with Gasteiger partial charge in [0, 0.05) is 6.54 Å². The normalized spacial score (nSPS) is 27.4. The second kappa shape index (κ2) is 2.72. The SMILES string of the molecule is NCC1C=CNCC1. The van der Waals surface area contributed by atoms with Crippen molar-refractivity contribution in [3.8, 4) is 0 Å². The lowest BCUT2D eigenvalue weighted by Crippen LogP contribution is -2.22. The Balaban J connectivity index is 2.32. The average molecular weight is 112 g/mol. The Bertz CT molecular complexity index is 88.5. The van der Waals surface area contributed by atoms with Crippen molar-refractivity contribution in [2.45, 2.75) is 6.42 Å². The quantitative estimate of drug-likeness (QED) is 0.503. The fourth-order valence-corrected chi connectivity index (χ4v) is 0.849. The zero-order chi connectivity index (χ0) is 5.82. The van der Waals surface area contributed by atoms with Crippen molar-refractivity contribution < 1.29 is 0 Å². The van der Waals surface area contributed by atoms with E-state index in [0.717, 1.165) is 13.1 Å². The van der Waals surface area contributed by atoms with Crippen LogP contribution in [0.3, 0.4) is 0 Å². The molecule has 0 saturated heterocycles. The molecule has 0 amide bonds. The molecule has 8 heavy (non-hydrogen) atoms. The Morgan fingerprint density at radius 3 is 3.00 bits per heavy atom. The second-order valence-electron chi connectivity index (χ2n) is 2.10. The summed E-state index contributed by atoms with van der Waals surface area (Å²) in [5.41, 5.74) is 5.42. The topological polar surface area (TPSA) is 38.0 Å². The number of nitrogens with one attached hydrogen (secondary N) is 1. The Hall–Kier alpha value is -0.500. The van der Waals surface area contributed by atoms with Gasteiger partial charge in [0.2, 0.25) is 0 Å². The van der Waals surface area contributed by atoms with Gasteiger partial charge in [-0.15, -0.1) is 0 Å². The van der Waals surface area contributed by atoms with Gasteiger partial charge in [-0.05, 0) is 25.1 Å². The van der Waals surface area contributed by atoms with Crippen LogP contribution in [0.25, 0.3) is 0 Å². The van der Waals surface area contributed by atoms with Gasteiger partial charge in [0.15, 0.2) is 0 Å². The van der Waals surface area contributed by atoms with Crippen LogP contribution in [0.15, 0.2) is 12.3 Å². The predicted molar refractivity (Wildman–Crippen MR) is 34.3 cm³/mol. The summed E-state index contributed by atoms with van der Waals surface area (Å²) in [5, 5.41) is 3.11. The molecule has 0 saturated carbocycles. The maximum absolute atomic E-state index is 5.42. The summed E-state index contributed by atoms with van der Waals surface area (Å²) < 4.78 is 0. The van der Waals surface area contributed by atoms with Gasteiger partial charge in [0.1, 0.15) is 0 Å².